The molecule has 1 N–H and O–H groups in total. The Morgan fingerprint density at radius 3 is 2.69 bits per heavy atom. The van der Waals surface area contributed by atoms with Crippen LogP contribution < -0.4 is 0 Å². The summed E-state index contributed by atoms with van der Waals surface area (Å²) in [6.45, 7) is 4.32. The molecule has 0 aliphatic carbocycles. The lowest BCUT2D eigenvalue weighted by molar-refractivity contribution is 0.877. The minimum atomic E-state index is 0.465. The Kier molecular flexibility index (Phi) is 2.04. The molecule has 1 aromatic carbocycles. The van der Waals surface area contributed by atoms with Crippen LogP contribution >= 0.6 is 11.6 Å². The molecule has 2 heteroatoms. The van der Waals surface area contributed by atoms with Crippen molar-refractivity contribution in [1.82, 2.24) is 4.98 Å². The van der Waals surface area contributed by atoms with Gasteiger partial charge < -0.3 is 4.98 Å². The van der Waals surface area contributed by atoms with Gasteiger partial charge in [-0.25, -0.2) is 0 Å². The second-order valence-electron chi connectivity index (χ2n) is 3.55. The molecular formula is C11H12ClN. The number of hydrogen-bond donors (Lipinski definition) is 1. The molecule has 0 unspecified atom stereocenters. The largest absolute Gasteiger partial charge is 0.361 e. The maximum absolute atomic E-state index is 6.14. The summed E-state index contributed by atoms with van der Waals surface area (Å²) in [5, 5.41) is 2.10. The lowest BCUT2D eigenvalue weighted by atomic mass is 9.99. The van der Waals surface area contributed by atoms with E-state index in [2.05, 4.69) is 24.9 Å². The maximum Gasteiger partial charge on any atom is 0.0457 e. The van der Waals surface area contributed by atoms with Crippen molar-refractivity contribution in [2.24, 2.45) is 0 Å². The predicted molar refractivity (Wildman–Crippen MR) is 57.4 cm³/mol. The van der Waals surface area contributed by atoms with Crippen molar-refractivity contribution < 1.29 is 0 Å². The van der Waals surface area contributed by atoms with Crippen LogP contribution in [0.3, 0.4) is 0 Å². The first kappa shape index (κ1) is 8.64. The molecule has 0 aliphatic rings. The number of benzene rings is 1. The van der Waals surface area contributed by atoms with Crippen molar-refractivity contribution in [2.75, 3.05) is 0 Å². The number of nitrogens with one attached hydrogen (secondary N) is 1. The summed E-state index contributed by atoms with van der Waals surface area (Å²) < 4.78 is 0. The van der Waals surface area contributed by atoms with Crippen molar-refractivity contribution in [3.8, 4) is 0 Å². The van der Waals surface area contributed by atoms with E-state index in [0.29, 0.717) is 5.92 Å². The third-order valence-electron chi connectivity index (χ3n) is 2.30. The van der Waals surface area contributed by atoms with Crippen molar-refractivity contribution in [3.05, 3.63) is 35.0 Å². The molecule has 13 heavy (non-hydrogen) atoms. The summed E-state index contributed by atoms with van der Waals surface area (Å²) in [6, 6.07) is 6.05. The molecule has 0 bridgehead atoms. The van der Waals surface area contributed by atoms with Gasteiger partial charge in [-0.05, 0) is 29.7 Å². The van der Waals surface area contributed by atoms with Gasteiger partial charge in [0.15, 0.2) is 0 Å². The normalized spacial score (nSPS) is 11.4. The van der Waals surface area contributed by atoms with E-state index in [0.717, 1.165) is 10.5 Å². The zero-order chi connectivity index (χ0) is 9.42. The zero-order valence-electron chi connectivity index (χ0n) is 7.76. The molecule has 0 radical (unpaired) electrons. The number of halogens is 1. The highest BCUT2D eigenvalue weighted by atomic mass is 35.5. The van der Waals surface area contributed by atoms with Crippen LogP contribution in [0.1, 0.15) is 25.3 Å². The average molecular weight is 194 g/mol. The highest BCUT2D eigenvalue weighted by Gasteiger charge is 2.09. The van der Waals surface area contributed by atoms with Gasteiger partial charge in [0.25, 0.3) is 0 Å². The molecule has 0 fully saturated rings. The minimum absolute atomic E-state index is 0.465. The van der Waals surface area contributed by atoms with E-state index in [1.54, 1.807) is 0 Å². The Hall–Kier alpha value is -0.950. The van der Waals surface area contributed by atoms with Crippen LogP contribution in [0.2, 0.25) is 5.02 Å². The van der Waals surface area contributed by atoms with E-state index in [4.69, 9.17) is 11.6 Å². The maximum atomic E-state index is 6.14. The molecule has 0 amide bonds. The lowest BCUT2D eigenvalue weighted by Crippen LogP contribution is -1.89. The second kappa shape index (κ2) is 3.08. The van der Waals surface area contributed by atoms with Gasteiger partial charge in [-0.3, -0.25) is 0 Å². The molecule has 1 nitrogen and oxygen atoms in total. The SMILES string of the molecule is CC(C)c1c(Cl)ccc2[nH]ccc12. The molecule has 0 saturated carbocycles. The first-order valence-electron chi connectivity index (χ1n) is 4.45. The Labute approximate surface area is 82.7 Å². The third-order valence-corrected chi connectivity index (χ3v) is 2.63. The molecule has 2 rings (SSSR count). The van der Waals surface area contributed by atoms with Crippen molar-refractivity contribution in [3.63, 3.8) is 0 Å². The van der Waals surface area contributed by atoms with Gasteiger partial charge in [-0.15, -0.1) is 0 Å². The highest BCUT2D eigenvalue weighted by molar-refractivity contribution is 6.32. The van der Waals surface area contributed by atoms with Gasteiger partial charge in [0.1, 0.15) is 0 Å². The van der Waals surface area contributed by atoms with E-state index in [1.165, 1.54) is 10.9 Å². The Morgan fingerprint density at radius 1 is 1.23 bits per heavy atom. The van der Waals surface area contributed by atoms with Gasteiger partial charge in [0, 0.05) is 22.1 Å². The second-order valence-corrected chi connectivity index (χ2v) is 3.96. The topological polar surface area (TPSA) is 15.8 Å². The number of hydrogen-bond acceptors (Lipinski definition) is 0. The fourth-order valence-electron chi connectivity index (χ4n) is 1.72. The zero-order valence-corrected chi connectivity index (χ0v) is 8.52. The van der Waals surface area contributed by atoms with Gasteiger partial charge >= 0.3 is 0 Å². The average Bonchev–Trinajstić information content (AvgIpc) is 2.50. The van der Waals surface area contributed by atoms with Gasteiger partial charge in [0.05, 0.1) is 0 Å². The highest BCUT2D eigenvalue weighted by Crippen LogP contribution is 2.31. The molecule has 0 atom stereocenters. The van der Waals surface area contributed by atoms with Crippen molar-refractivity contribution >= 4 is 22.5 Å². The summed E-state index contributed by atoms with van der Waals surface area (Å²) in [7, 11) is 0. The minimum Gasteiger partial charge on any atom is -0.361 e. The van der Waals surface area contributed by atoms with Crippen molar-refractivity contribution in [2.45, 2.75) is 19.8 Å². The number of H-pyrrole nitrogens is 1. The number of aromatic amines is 1. The van der Waals surface area contributed by atoms with E-state index >= 15 is 0 Å². The van der Waals surface area contributed by atoms with Crippen LogP contribution in [0, 0.1) is 0 Å². The van der Waals surface area contributed by atoms with Gasteiger partial charge in [-0.1, -0.05) is 25.4 Å². The smallest absolute Gasteiger partial charge is 0.0457 e. The van der Waals surface area contributed by atoms with E-state index < -0.39 is 0 Å². The Bertz CT molecular complexity index is 429. The molecule has 0 aliphatic heterocycles. The fourth-order valence-corrected chi connectivity index (χ4v) is 2.10. The number of rotatable bonds is 1. The summed E-state index contributed by atoms with van der Waals surface area (Å²) in [5.41, 5.74) is 2.40. The number of fused-ring (bicyclic) bond motifs is 1. The van der Waals surface area contributed by atoms with E-state index in [-0.39, 0.29) is 0 Å². The Balaban J connectivity index is 2.80. The quantitative estimate of drug-likeness (QED) is 0.706. The lowest BCUT2D eigenvalue weighted by Gasteiger charge is -2.09. The summed E-state index contributed by atoms with van der Waals surface area (Å²) in [5.74, 6) is 0.465. The van der Waals surface area contributed by atoms with Crippen LogP contribution in [-0.2, 0) is 0 Å². The molecule has 0 saturated heterocycles. The van der Waals surface area contributed by atoms with E-state index in [1.807, 2.05) is 18.3 Å². The van der Waals surface area contributed by atoms with Gasteiger partial charge in [0.2, 0.25) is 0 Å². The molecule has 68 valence electrons. The van der Waals surface area contributed by atoms with Crippen LogP contribution in [0.25, 0.3) is 10.9 Å². The van der Waals surface area contributed by atoms with Gasteiger partial charge in [-0.2, -0.15) is 0 Å². The van der Waals surface area contributed by atoms with E-state index in [9.17, 15) is 0 Å². The fraction of sp³-hybridized carbons (Fsp3) is 0.273. The predicted octanol–water partition coefficient (Wildman–Crippen LogP) is 3.94. The van der Waals surface area contributed by atoms with Crippen LogP contribution in [0.15, 0.2) is 24.4 Å². The first-order chi connectivity index (χ1) is 6.20. The van der Waals surface area contributed by atoms with Crippen LogP contribution in [0.4, 0.5) is 0 Å². The van der Waals surface area contributed by atoms with Crippen LogP contribution in [-0.4, -0.2) is 4.98 Å². The summed E-state index contributed by atoms with van der Waals surface area (Å²) >= 11 is 6.14. The monoisotopic (exact) mass is 193 g/mol. The molecule has 1 aromatic heterocycles. The summed E-state index contributed by atoms with van der Waals surface area (Å²) in [6.07, 6.45) is 1.95. The standard InChI is InChI=1S/C11H12ClN/c1-7(2)11-8-5-6-13-10(8)4-3-9(11)12/h3-7,13H,1-2H3. The van der Waals surface area contributed by atoms with Crippen molar-refractivity contribution in [1.29, 1.82) is 0 Å². The third kappa shape index (κ3) is 1.33. The first-order valence-corrected chi connectivity index (χ1v) is 4.83. The number of aromatic nitrogens is 1. The molecule has 0 spiro atoms. The molecule has 2 aromatic rings. The van der Waals surface area contributed by atoms with Crippen LogP contribution in [0.5, 0.6) is 0 Å². The Morgan fingerprint density at radius 2 is 2.00 bits per heavy atom. The molecular weight excluding hydrogens is 182 g/mol. The summed E-state index contributed by atoms with van der Waals surface area (Å²) in [4.78, 5) is 3.18. The molecule has 1 heterocycles.